The van der Waals surface area contributed by atoms with Crippen LogP contribution in [0, 0.1) is 20.4 Å². The molecule has 1 aliphatic heterocycles. The Balaban J connectivity index is 1.60. The molecule has 1 aliphatic rings. The van der Waals surface area contributed by atoms with Crippen molar-refractivity contribution in [2.45, 2.75) is 33.1 Å². The molecule has 0 saturated carbocycles. The van der Waals surface area contributed by atoms with E-state index in [0.717, 1.165) is 24.4 Å². The van der Waals surface area contributed by atoms with E-state index < -0.39 is 0 Å². The van der Waals surface area contributed by atoms with Crippen molar-refractivity contribution in [3.63, 3.8) is 0 Å². The highest BCUT2D eigenvalue weighted by Gasteiger charge is 2.10. The molecule has 1 radical (unpaired) electrons. The minimum atomic E-state index is 0.775. The lowest BCUT2D eigenvalue weighted by atomic mass is 10.1. The van der Waals surface area contributed by atoms with E-state index in [-0.39, 0.29) is 0 Å². The van der Waals surface area contributed by atoms with E-state index in [1.165, 1.54) is 54.5 Å². The topological polar surface area (TPSA) is 31.1 Å². The minimum Gasteiger partial charge on any atom is -0.383 e. The van der Waals surface area contributed by atoms with Crippen LogP contribution in [0.25, 0.3) is 16.6 Å². The van der Waals surface area contributed by atoms with Gasteiger partial charge in [0.15, 0.2) is 0 Å². The van der Waals surface area contributed by atoms with E-state index in [2.05, 4.69) is 47.2 Å². The van der Waals surface area contributed by atoms with Crippen LogP contribution in [-0.4, -0.2) is 36.1 Å². The molecule has 1 fully saturated rings. The third-order valence-electron chi connectivity index (χ3n) is 4.81. The monoisotopic (exact) mass is 296 g/mol. The third kappa shape index (κ3) is 3.20. The summed E-state index contributed by atoms with van der Waals surface area (Å²) in [5, 5.41) is 4.64. The number of H-pyrrole nitrogens is 1. The SMILES string of the molecule is [CH]=C(NCCN1CCCCC1)c1ccc2[nH]c(C)c(C)c2c1. The number of hydrogen-bond acceptors (Lipinski definition) is 2. The van der Waals surface area contributed by atoms with Crippen molar-refractivity contribution in [1.82, 2.24) is 15.2 Å². The Hall–Kier alpha value is -1.74. The molecular weight excluding hydrogens is 270 g/mol. The highest BCUT2D eigenvalue weighted by molar-refractivity contribution is 5.87. The van der Waals surface area contributed by atoms with Gasteiger partial charge in [-0.1, -0.05) is 12.5 Å². The number of nitrogens with zero attached hydrogens (tertiary/aromatic N) is 1. The fourth-order valence-electron chi connectivity index (χ4n) is 3.26. The molecule has 3 rings (SSSR count). The van der Waals surface area contributed by atoms with E-state index in [1.807, 2.05) is 0 Å². The number of piperidine rings is 1. The Morgan fingerprint density at radius 1 is 1.23 bits per heavy atom. The van der Waals surface area contributed by atoms with Crippen LogP contribution in [0.2, 0.25) is 0 Å². The standard InChI is InChI=1S/C19H26N3/c1-14-15(2)21-19-8-7-17(13-18(14)19)16(3)20-9-12-22-10-5-4-6-11-22/h3,7-8,13,20-21H,4-6,9-12H2,1-2H3. The summed E-state index contributed by atoms with van der Waals surface area (Å²) in [6, 6.07) is 6.38. The van der Waals surface area contributed by atoms with Crippen molar-refractivity contribution in [3.8, 4) is 0 Å². The molecule has 0 atom stereocenters. The number of aromatic nitrogens is 1. The first-order chi connectivity index (χ1) is 10.6. The van der Waals surface area contributed by atoms with Crippen LogP contribution in [0.1, 0.15) is 36.1 Å². The smallest absolute Gasteiger partial charge is 0.0459 e. The van der Waals surface area contributed by atoms with Gasteiger partial charge in [0.2, 0.25) is 0 Å². The second-order valence-electron chi connectivity index (χ2n) is 6.38. The lowest BCUT2D eigenvalue weighted by Gasteiger charge is -2.26. The van der Waals surface area contributed by atoms with Gasteiger partial charge in [0, 0.05) is 35.4 Å². The van der Waals surface area contributed by atoms with Crippen LogP contribution in [0.5, 0.6) is 0 Å². The number of benzene rings is 1. The molecule has 1 aromatic heterocycles. The Labute approximate surface area is 133 Å². The molecule has 3 nitrogen and oxygen atoms in total. The molecule has 0 unspecified atom stereocenters. The van der Waals surface area contributed by atoms with Crippen molar-refractivity contribution in [2.75, 3.05) is 26.2 Å². The Kier molecular flexibility index (Phi) is 4.53. The van der Waals surface area contributed by atoms with Gasteiger partial charge in [-0.3, -0.25) is 0 Å². The number of aromatic amines is 1. The van der Waals surface area contributed by atoms with E-state index >= 15 is 0 Å². The van der Waals surface area contributed by atoms with E-state index in [1.54, 1.807) is 0 Å². The number of likely N-dealkylation sites (tertiary alicyclic amines) is 1. The predicted octanol–water partition coefficient (Wildman–Crippen LogP) is 3.63. The molecule has 1 saturated heterocycles. The van der Waals surface area contributed by atoms with Gasteiger partial charge in [-0.15, -0.1) is 0 Å². The highest BCUT2D eigenvalue weighted by Crippen LogP contribution is 2.24. The van der Waals surface area contributed by atoms with Gasteiger partial charge in [0.25, 0.3) is 0 Å². The van der Waals surface area contributed by atoms with Gasteiger partial charge in [-0.25, -0.2) is 0 Å². The lowest BCUT2D eigenvalue weighted by molar-refractivity contribution is 0.232. The number of aryl methyl sites for hydroxylation is 2. The summed E-state index contributed by atoms with van der Waals surface area (Å²) in [4.78, 5) is 5.92. The molecule has 0 aliphatic carbocycles. The van der Waals surface area contributed by atoms with Crippen LogP contribution >= 0.6 is 0 Å². The third-order valence-corrected chi connectivity index (χ3v) is 4.81. The summed E-state index contributed by atoms with van der Waals surface area (Å²) in [7, 11) is 0. The largest absolute Gasteiger partial charge is 0.383 e. The number of rotatable bonds is 5. The second kappa shape index (κ2) is 6.57. The maximum atomic E-state index is 6.24. The van der Waals surface area contributed by atoms with Crippen LogP contribution < -0.4 is 5.32 Å². The molecule has 0 spiro atoms. The molecule has 2 heterocycles. The molecule has 0 amide bonds. The Morgan fingerprint density at radius 3 is 2.77 bits per heavy atom. The fourth-order valence-corrected chi connectivity index (χ4v) is 3.26. The molecular formula is C19H26N3. The highest BCUT2D eigenvalue weighted by atomic mass is 15.1. The molecule has 117 valence electrons. The molecule has 22 heavy (non-hydrogen) atoms. The van der Waals surface area contributed by atoms with Crippen LogP contribution in [0.15, 0.2) is 18.2 Å². The first kappa shape index (κ1) is 15.2. The predicted molar refractivity (Wildman–Crippen MR) is 93.8 cm³/mol. The average molecular weight is 296 g/mol. The van der Waals surface area contributed by atoms with Crippen LogP contribution in [0.4, 0.5) is 0 Å². The first-order valence-electron chi connectivity index (χ1n) is 8.33. The van der Waals surface area contributed by atoms with Crippen molar-refractivity contribution in [3.05, 3.63) is 41.6 Å². The Morgan fingerprint density at radius 2 is 2.00 bits per heavy atom. The number of fused-ring (bicyclic) bond motifs is 1. The van der Waals surface area contributed by atoms with Crippen LogP contribution in [-0.2, 0) is 0 Å². The summed E-state index contributed by atoms with van der Waals surface area (Å²) in [6.07, 6.45) is 4.05. The zero-order chi connectivity index (χ0) is 15.5. The molecule has 1 aromatic carbocycles. The normalized spacial score (nSPS) is 16.1. The maximum absolute atomic E-state index is 6.24. The molecule has 0 bridgehead atoms. The summed E-state index contributed by atoms with van der Waals surface area (Å²) in [5.74, 6) is 0. The van der Waals surface area contributed by atoms with Gasteiger partial charge >= 0.3 is 0 Å². The summed E-state index contributed by atoms with van der Waals surface area (Å²) in [5.41, 5.74) is 5.56. The van der Waals surface area contributed by atoms with Gasteiger partial charge in [-0.05, 0) is 69.6 Å². The maximum Gasteiger partial charge on any atom is 0.0459 e. The fraction of sp³-hybridized carbons (Fsp3) is 0.474. The molecule has 3 heteroatoms. The van der Waals surface area contributed by atoms with Gasteiger partial charge in [0.1, 0.15) is 0 Å². The number of hydrogen-bond donors (Lipinski definition) is 2. The van der Waals surface area contributed by atoms with Gasteiger partial charge < -0.3 is 15.2 Å². The summed E-state index contributed by atoms with van der Waals surface area (Å²) < 4.78 is 0. The lowest BCUT2D eigenvalue weighted by Crippen LogP contribution is -2.35. The van der Waals surface area contributed by atoms with Gasteiger partial charge in [0.05, 0.1) is 0 Å². The van der Waals surface area contributed by atoms with Crippen LogP contribution in [0.3, 0.4) is 0 Å². The summed E-state index contributed by atoms with van der Waals surface area (Å²) >= 11 is 0. The minimum absolute atomic E-state index is 0.775. The quantitative estimate of drug-likeness (QED) is 0.882. The Bertz CT molecular complexity index is 663. The molecule has 2 N–H and O–H groups in total. The zero-order valence-corrected chi connectivity index (χ0v) is 13.7. The molecule has 2 aromatic rings. The second-order valence-corrected chi connectivity index (χ2v) is 6.38. The van der Waals surface area contributed by atoms with Crippen molar-refractivity contribution >= 4 is 16.6 Å². The van der Waals surface area contributed by atoms with Crippen molar-refractivity contribution in [2.24, 2.45) is 0 Å². The van der Waals surface area contributed by atoms with E-state index in [0.29, 0.717) is 0 Å². The van der Waals surface area contributed by atoms with E-state index in [4.69, 9.17) is 6.58 Å². The first-order valence-corrected chi connectivity index (χ1v) is 8.33. The summed E-state index contributed by atoms with van der Waals surface area (Å²) in [6.45, 7) is 14.9. The van der Waals surface area contributed by atoms with Gasteiger partial charge in [-0.2, -0.15) is 0 Å². The number of nitrogens with one attached hydrogen (secondary N) is 2. The zero-order valence-electron chi connectivity index (χ0n) is 13.7. The van der Waals surface area contributed by atoms with Crippen molar-refractivity contribution in [1.29, 1.82) is 0 Å². The van der Waals surface area contributed by atoms with Crippen molar-refractivity contribution < 1.29 is 0 Å². The van der Waals surface area contributed by atoms with E-state index in [9.17, 15) is 0 Å². The average Bonchev–Trinajstić information content (AvgIpc) is 2.83.